The third-order valence-corrected chi connectivity index (χ3v) is 5.11. The Labute approximate surface area is 113 Å². The first-order chi connectivity index (χ1) is 9.02. The zero-order valence-corrected chi connectivity index (χ0v) is 11.8. The fourth-order valence-electron chi connectivity index (χ4n) is 2.13. The Kier molecular flexibility index (Phi) is 4.24. The van der Waals surface area contributed by atoms with Crippen LogP contribution in [-0.2, 0) is 21.1 Å². The van der Waals surface area contributed by atoms with Gasteiger partial charge in [-0.25, -0.2) is 8.42 Å². The van der Waals surface area contributed by atoms with E-state index in [0.29, 0.717) is 12.8 Å². The van der Waals surface area contributed by atoms with Gasteiger partial charge in [-0.3, -0.25) is 4.79 Å². The fourth-order valence-corrected chi connectivity index (χ4v) is 3.01. The molecule has 104 valence electrons. The maximum Gasteiger partial charge on any atom is 0.173 e. The Bertz CT molecular complexity index is 538. The van der Waals surface area contributed by atoms with Crippen molar-refractivity contribution < 1.29 is 17.9 Å². The number of rotatable bonds is 6. The van der Waals surface area contributed by atoms with Crippen molar-refractivity contribution in [3.63, 3.8) is 0 Å². The number of para-hydroxylation sites is 1. The van der Waals surface area contributed by atoms with Crippen molar-refractivity contribution in [1.29, 1.82) is 0 Å². The van der Waals surface area contributed by atoms with Gasteiger partial charge >= 0.3 is 0 Å². The number of ketones is 1. The molecule has 0 aromatic heterocycles. The minimum absolute atomic E-state index is 0.0116. The van der Waals surface area contributed by atoms with Crippen molar-refractivity contribution in [2.75, 3.05) is 11.5 Å². The normalized spacial score (nSPS) is 17.8. The molecule has 1 aromatic rings. The van der Waals surface area contributed by atoms with Crippen molar-refractivity contribution in [3.8, 4) is 5.75 Å². The largest absolute Gasteiger partial charge is 0.482 e. The molecule has 1 aliphatic rings. The zero-order chi connectivity index (χ0) is 13.9. The van der Waals surface area contributed by atoms with Gasteiger partial charge in [0.25, 0.3) is 0 Å². The monoisotopic (exact) mass is 282 g/mol. The van der Waals surface area contributed by atoms with E-state index in [0.717, 1.165) is 11.3 Å². The molecule has 19 heavy (non-hydrogen) atoms. The van der Waals surface area contributed by atoms with Crippen molar-refractivity contribution in [1.82, 2.24) is 0 Å². The first-order valence-electron chi connectivity index (χ1n) is 6.49. The average molecular weight is 282 g/mol. The number of carbonyl (C=O) groups excluding carboxylic acids is 1. The van der Waals surface area contributed by atoms with Gasteiger partial charge < -0.3 is 4.74 Å². The molecule has 0 amide bonds. The molecule has 4 nitrogen and oxygen atoms in total. The van der Waals surface area contributed by atoms with Crippen LogP contribution in [0.1, 0.15) is 25.3 Å². The van der Waals surface area contributed by atoms with Crippen LogP contribution in [-0.4, -0.2) is 31.8 Å². The van der Waals surface area contributed by atoms with E-state index in [4.69, 9.17) is 4.74 Å². The van der Waals surface area contributed by atoms with Crippen LogP contribution in [0.2, 0.25) is 0 Å². The molecule has 1 heterocycles. The molecule has 5 heteroatoms. The highest BCUT2D eigenvalue weighted by atomic mass is 32.2. The Hall–Kier alpha value is -1.36. The van der Waals surface area contributed by atoms with E-state index >= 15 is 0 Å². The lowest BCUT2D eigenvalue weighted by molar-refractivity contribution is -0.125. The summed E-state index contributed by atoms with van der Waals surface area (Å²) in [6.45, 7) is 1.62. The highest BCUT2D eigenvalue weighted by molar-refractivity contribution is 7.91. The van der Waals surface area contributed by atoms with E-state index in [1.54, 1.807) is 6.92 Å². The van der Waals surface area contributed by atoms with Gasteiger partial charge in [-0.1, -0.05) is 25.1 Å². The molecule has 1 aliphatic heterocycles. The summed E-state index contributed by atoms with van der Waals surface area (Å²) < 4.78 is 28.3. The van der Waals surface area contributed by atoms with E-state index < -0.39 is 15.9 Å². The maximum absolute atomic E-state index is 12.0. The molecule has 0 saturated heterocycles. The van der Waals surface area contributed by atoms with Crippen LogP contribution in [0.25, 0.3) is 0 Å². The minimum atomic E-state index is -2.99. The van der Waals surface area contributed by atoms with E-state index in [-0.39, 0.29) is 23.7 Å². The second kappa shape index (κ2) is 5.74. The molecule has 1 atom stereocenters. The number of hydrogen-bond donors (Lipinski definition) is 0. The van der Waals surface area contributed by atoms with E-state index in [1.165, 1.54) is 0 Å². The van der Waals surface area contributed by atoms with Crippen LogP contribution in [0.4, 0.5) is 0 Å². The van der Waals surface area contributed by atoms with Crippen LogP contribution in [0, 0.1) is 0 Å². The zero-order valence-electron chi connectivity index (χ0n) is 11.0. The molecule has 0 N–H and O–H groups in total. The van der Waals surface area contributed by atoms with Gasteiger partial charge in [0.15, 0.2) is 11.9 Å². The van der Waals surface area contributed by atoms with Crippen LogP contribution < -0.4 is 4.74 Å². The predicted octanol–water partition coefficient (Wildman–Crippen LogP) is 1.77. The lowest BCUT2D eigenvalue weighted by Crippen LogP contribution is -2.25. The molecule has 2 rings (SSSR count). The van der Waals surface area contributed by atoms with Gasteiger partial charge in [-0.2, -0.15) is 0 Å². The molecule has 0 fully saturated rings. The molecular weight excluding hydrogens is 264 g/mol. The second-order valence-corrected chi connectivity index (χ2v) is 7.20. The summed E-state index contributed by atoms with van der Waals surface area (Å²) in [6.07, 6.45) is 0.792. The lowest BCUT2D eigenvalue weighted by Gasteiger charge is -2.09. The van der Waals surface area contributed by atoms with Gasteiger partial charge in [0.05, 0.1) is 5.75 Å². The summed E-state index contributed by atoms with van der Waals surface area (Å²) in [5.74, 6) is 0.964. The van der Waals surface area contributed by atoms with Gasteiger partial charge in [0.2, 0.25) is 0 Å². The van der Waals surface area contributed by atoms with Crippen molar-refractivity contribution in [2.45, 2.75) is 32.3 Å². The Balaban J connectivity index is 1.84. The SMILES string of the molecule is CCS(=O)(=O)CCCC(=O)C1Cc2ccccc2O1. The first-order valence-corrected chi connectivity index (χ1v) is 8.31. The summed E-state index contributed by atoms with van der Waals surface area (Å²) in [6, 6.07) is 7.59. The smallest absolute Gasteiger partial charge is 0.173 e. The van der Waals surface area contributed by atoms with E-state index in [1.807, 2.05) is 24.3 Å². The number of carbonyl (C=O) groups is 1. The quantitative estimate of drug-likeness (QED) is 0.798. The van der Waals surface area contributed by atoms with E-state index in [2.05, 4.69) is 0 Å². The molecule has 0 bridgehead atoms. The number of sulfone groups is 1. The van der Waals surface area contributed by atoms with Crippen molar-refractivity contribution >= 4 is 15.6 Å². The van der Waals surface area contributed by atoms with Crippen LogP contribution >= 0.6 is 0 Å². The molecule has 0 radical (unpaired) electrons. The third-order valence-electron chi connectivity index (χ3n) is 3.32. The van der Waals surface area contributed by atoms with Gasteiger partial charge in [-0.15, -0.1) is 0 Å². The third kappa shape index (κ3) is 3.56. The summed E-state index contributed by atoms with van der Waals surface area (Å²) in [5, 5.41) is 0. The highest BCUT2D eigenvalue weighted by Gasteiger charge is 2.28. The standard InChI is InChI=1S/C14H18O4S/c1-2-19(16,17)9-5-7-12(15)14-10-11-6-3-4-8-13(11)18-14/h3-4,6,8,14H,2,5,7,9-10H2,1H3. The minimum Gasteiger partial charge on any atom is -0.482 e. The summed E-state index contributed by atoms with van der Waals surface area (Å²) in [5.41, 5.74) is 1.04. The number of ether oxygens (including phenoxy) is 1. The second-order valence-electron chi connectivity index (χ2n) is 4.72. The molecule has 1 unspecified atom stereocenters. The van der Waals surface area contributed by atoms with Crippen molar-refractivity contribution in [2.24, 2.45) is 0 Å². The number of hydrogen-bond acceptors (Lipinski definition) is 4. The summed E-state index contributed by atoms with van der Waals surface area (Å²) in [7, 11) is -2.99. The van der Waals surface area contributed by atoms with E-state index in [9.17, 15) is 13.2 Å². The van der Waals surface area contributed by atoms with Crippen molar-refractivity contribution in [3.05, 3.63) is 29.8 Å². The van der Waals surface area contributed by atoms with Crippen LogP contribution in [0.3, 0.4) is 0 Å². The van der Waals surface area contributed by atoms with Crippen LogP contribution in [0.15, 0.2) is 24.3 Å². The van der Waals surface area contributed by atoms with Crippen LogP contribution in [0.5, 0.6) is 5.75 Å². The molecular formula is C14H18O4S. The number of Topliss-reactive ketones (excluding diaryl/α,β-unsaturated/α-hetero) is 1. The van der Waals surface area contributed by atoms with Gasteiger partial charge in [-0.05, 0) is 18.1 Å². The summed E-state index contributed by atoms with van der Waals surface area (Å²) in [4.78, 5) is 12.0. The Morgan fingerprint density at radius 1 is 1.37 bits per heavy atom. The molecule has 0 spiro atoms. The van der Waals surface area contributed by atoms with Gasteiger partial charge in [0, 0.05) is 18.6 Å². The predicted molar refractivity (Wildman–Crippen MR) is 73.1 cm³/mol. The fraction of sp³-hybridized carbons (Fsp3) is 0.500. The highest BCUT2D eigenvalue weighted by Crippen LogP contribution is 2.29. The van der Waals surface area contributed by atoms with Gasteiger partial charge in [0.1, 0.15) is 15.6 Å². The molecule has 1 aromatic carbocycles. The maximum atomic E-state index is 12.0. The molecule has 0 saturated carbocycles. The molecule has 0 aliphatic carbocycles. The first kappa shape index (κ1) is 14.1. The topological polar surface area (TPSA) is 60.4 Å². The lowest BCUT2D eigenvalue weighted by atomic mass is 10.0. The number of fused-ring (bicyclic) bond motifs is 1. The summed E-state index contributed by atoms with van der Waals surface area (Å²) >= 11 is 0. The Morgan fingerprint density at radius 3 is 2.79 bits per heavy atom. The average Bonchev–Trinajstić information content (AvgIpc) is 2.82. The number of benzene rings is 1. The Morgan fingerprint density at radius 2 is 2.11 bits per heavy atom.